The van der Waals surface area contributed by atoms with Crippen LogP contribution in [0.4, 0.5) is 4.39 Å². The highest BCUT2D eigenvalue weighted by Crippen LogP contribution is 2.53. The van der Waals surface area contributed by atoms with E-state index in [1.54, 1.807) is 18.6 Å². The van der Waals surface area contributed by atoms with E-state index in [0.29, 0.717) is 37.0 Å². The molecule has 0 saturated heterocycles. The smallest absolute Gasteiger partial charge is 0.141 e. The van der Waals surface area contributed by atoms with Gasteiger partial charge in [0.1, 0.15) is 11.6 Å². The Morgan fingerprint density at radius 2 is 2.22 bits per heavy atom. The first-order chi connectivity index (χ1) is 15.6. The number of aromatic nitrogens is 2. The number of hydrogen-bond acceptors (Lipinski definition) is 4. The Bertz CT molecular complexity index is 989. The quantitative estimate of drug-likeness (QED) is 0.595. The van der Waals surface area contributed by atoms with Crippen LogP contribution < -0.4 is 5.73 Å². The van der Waals surface area contributed by atoms with Gasteiger partial charge in [-0.2, -0.15) is 0 Å². The third-order valence-electron chi connectivity index (χ3n) is 8.34. The van der Waals surface area contributed by atoms with Gasteiger partial charge in [0, 0.05) is 29.6 Å². The fraction of sp³-hybridized carbons (Fsp3) is 0.615. The molecular weight excluding hydrogens is 405 g/mol. The lowest BCUT2D eigenvalue weighted by molar-refractivity contribution is -0.139. The summed E-state index contributed by atoms with van der Waals surface area (Å²) in [5.74, 6) is 1.06. The Morgan fingerprint density at radius 3 is 3.03 bits per heavy atom. The van der Waals surface area contributed by atoms with Gasteiger partial charge < -0.3 is 15.0 Å². The second-order valence-electron chi connectivity index (χ2n) is 10.1. The van der Waals surface area contributed by atoms with E-state index in [-0.39, 0.29) is 29.2 Å². The van der Waals surface area contributed by atoms with Crippen LogP contribution in [0.15, 0.2) is 30.7 Å². The fourth-order valence-corrected chi connectivity index (χ4v) is 6.71. The molecule has 3 aliphatic rings. The Hall–Kier alpha value is -2.05. The third kappa shape index (κ3) is 3.61. The molecule has 2 aromatic rings. The summed E-state index contributed by atoms with van der Waals surface area (Å²) in [6.07, 6.45) is 11.0. The standard InChI is InChI=1S/C26H34FN3O2/c1-2-26(13-17-7-8-23(18(11-17)14-26)32-10-4-9-28)24(31)12-21-25-19(5-3-6-20(25)27)22-15-29-16-30(21)22/h3,5-6,15-18,21,23H,2,4,7-14,28H2,1H3. The van der Waals surface area contributed by atoms with E-state index in [0.717, 1.165) is 56.2 Å². The normalized spacial score (nSPS) is 30.7. The Balaban J connectivity index is 1.38. The molecule has 1 aromatic carbocycles. The molecule has 5 rings (SSSR count). The number of carbonyl (C=O) groups is 1. The van der Waals surface area contributed by atoms with Crippen molar-refractivity contribution in [3.63, 3.8) is 0 Å². The molecule has 5 nitrogen and oxygen atoms in total. The van der Waals surface area contributed by atoms with Crippen LogP contribution in [0.1, 0.15) is 69.9 Å². The second-order valence-corrected chi connectivity index (χ2v) is 10.1. The van der Waals surface area contributed by atoms with Gasteiger partial charge >= 0.3 is 0 Å². The van der Waals surface area contributed by atoms with E-state index in [2.05, 4.69) is 11.9 Å². The Morgan fingerprint density at radius 1 is 1.34 bits per heavy atom. The van der Waals surface area contributed by atoms with Crippen molar-refractivity contribution in [2.45, 2.75) is 70.4 Å². The maximum absolute atomic E-state index is 14.9. The molecule has 0 radical (unpaired) electrons. The summed E-state index contributed by atoms with van der Waals surface area (Å²) in [6.45, 7) is 3.50. The van der Waals surface area contributed by atoms with Crippen LogP contribution in [0.3, 0.4) is 0 Å². The summed E-state index contributed by atoms with van der Waals surface area (Å²) in [5.41, 5.74) is 7.71. The molecule has 0 amide bonds. The molecule has 2 bridgehead atoms. The zero-order valence-electron chi connectivity index (χ0n) is 18.9. The number of imidazole rings is 1. The molecule has 5 atom stereocenters. The summed E-state index contributed by atoms with van der Waals surface area (Å²) in [4.78, 5) is 18.2. The van der Waals surface area contributed by atoms with Crippen LogP contribution in [0, 0.1) is 23.1 Å². The average Bonchev–Trinajstić information content (AvgIpc) is 3.38. The molecule has 1 aliphatic heterocycles. The van der Waals surface area contributed by atoms with Crippen LogP contribution >= 0.6 is 0 Å². The lowest BCUT2D eigenvalue weighted by Gasteiger charge is -2.49. The van der Waals surface area contributed by atoms with Gasteiger partial charge in [-0.15, -0.1) is 0 Å². The third-order valence-corrected chi connectivity index (χ3v) is 8.34. The van der Waals surface area contributed by atoms with E-state index in [1.807, 2.05) is 10.6 Å². The van der Waals surface area contributed by atoms with Crippen LogP contribution in [0.2, 0.25) is 0 Å². The number of nitrogens with zero attached hydrogens (tertiary/aromatic N) is 2. The van der Waals surface area contributed by atoms with Crippen molar-refractivity contribution in [2.24, 2.45) is 23.0 Å². The number of ketones is 1. The predicted octanol–water partition coefficient (Wildman–Crippen LogP) is 4.89. The van der Waals surface area contributed by atoms with E-state index in [1.165, 1.54) is 6.07 Å². The van der Waals surface area contributed by atoms with Gasteiger partial charge in [-0.1, -0.05) is 19.1 Å². The van der Waals surface area contributed by atoms with Crippen molar-refractivity contribution < 1.29 is 13.9 Å². The van der Waals surface area contributed by atoms with Crippen molar-refractivity contribution in [2.75, 3.05) is 13.2 Å². The lowest BCUT2D eigenvalue weighted by Crippen LogP contribution is -2.46. The number of benzene rings is 1. The Kier molecular flexibility index (Phi) is 5.93. The molecule has 2 N–H and O–H groups in total. The molecule has 6 heteroatoms. The maximum Gasteiger partial charge on any atom is 0.141 e. The van der Waals surface area contributed by atoms with Crippen molar-refractivity contribution in [1.29, 1.82) is 0 Å². The highest BCUT2D eigenvalue weighted by atomic mass is 19.1. The molecule has 1 aromatic heterocycles. The largest absolute Gasteiger partial charge is 0.378 e. The van der Waals surface area contributed by atoms with Gasteiger partial charge in [-0.25, -0.2) is 9.37 Å². The van der Waals surface area contributed by atoms with Crippen LogP contribution in [0.5, 0.6) is 0 Å². The summed E-state index contributed by atoms with van der Waals surface area (Å²) < 4.78 is 23.1. The second kappa shape index (κ2) is 8.71. The predicted molar refractivity (Wildman–Crippen MR) is 122 cm³/mol. The van der Waals surface area contributed by atoms with Crippen molar-refractivity contribution in [1.82, 2.24) is 9.55 Å². The fourth-order valence-electron chi connectivity index (χ4n) is 6.71. The van der Waals surface area contributed by atoms with Gasteiger partial charge in [0.2, 0.25) is 0 Å². The summed E-state index contributed by atoms with van der Waals surface area (Å²) in [5, 5.41) is 0. The van der Waals surface area contributed by atoms with Gasteiger partial charge in [0.05, 0.1) is 30.4 Å². The minimum Gasteiger partial charge on any atom is -0.378 e. The number of ether oxygens (including phenoxy) is 1. The molecule has 172 valence electrons. The number of nitrogens with two attached hydrogens (primary N) is 1. The van der Waals surface area contributed by atoms with Crippen LogP contribution in [-0.4, -0.2) is 34.6 Å². The van der Waals surface area contributed by atoms with E-state index in [4.69, 9.17) is 10.5 Å². The molecule has 2 aliphatic carbocycles. The number of fused-ring (bicyclic) bond motifs is 5. The van der Waals surface area contributed by atoms with Crippen LogP contribution in [0.25, 0.3) is 11.3 Å². The summed E-state index contributed by atoms with van der Waals surface area (Å²) in [7, 11) is 0. The van der Waals surface area contributed by atoms with E-state index >= 15 is 0 Å². The van der Waals surface area contributed by atoms with Crippen molar-refractivity contribution in [3.8, 4) is 11.3 Å². The minimum atomic E-state index is -0.335. The molecule has 2 heterocycles. The topological polar surface area (TPSA) is 70.1 Å². The summed E-state index contributed by atoms with van der Waals surface area (Å²) >= 11 is 0. The highest BCUT2D eigenvalue weighted by Gasteiger charge is 2.49. The van der Waals surface area contributed by atoms with Crippen molar-refractivity contribution >= 4 is 5.78 Å². The highest BCUT2D eigenvalue weighted by molar-refractivity contribution is 5.87. The van der Waals surface area contributed by atoms with Crippen LogP contribution in [-0.2, 0) is 9.53 Å². The average molecular weight is 440 g/mol. The lowest BCUT2D eigenvalue weighted by atomic mass is 9.57. The molecule has 32 heavy (non-hydrogen) atoms. The molecular formula is C26H34FN3O2. The number of halogens is 1. The van der Waals surface area contributed by atoms with Gasteiger partial charge in [-0.05, 0) is 69.4 Å². The monoisotopic (exact) mass is 439 g/mol. The first kappa shape index (κ1) is 21.8. The zero-order valence-corrected chi connectivity index (χ0v) is 18.9. The molecule has 0 spiro atoms. The number of carbonyl (C=O) groups excluding carboxylic acids is 1. The number of rotatable bonds is 8. The van der Waals surface area contributed by atoms with Gasteiger partial charge in [-0.3, -0.25) is 4.79 Å². The SMILES string of the molecule is CCC1(C(=O)CC2c3c(F)cccc3-c3cncn32)CC2CCC(OCCCN)C(C2)C1. The molecule has 2 saturated carbocycles. The van der Waals surface area contributed by atoms with Gasteiger partial charge in [0.15, 0.2) is 0 Å². The first-order valence-corrected chi connectivity index (χ1v) is 12.2. The maximum atomic E-state index is 14.9. The first-order valence-electron chi connectivity index (χ1n) is 12.2. The van der Waals surface area contributed by atoms with E-state index in [9.17, 15) is 9.18 Å². The molecule has 5 unspecified atom stereocenters. The number of Topliss-reactive ketones (excluding diaryl/α,β-unsaturated/α-hetero) is 1. The summed E-state index contributed by atoms with van der Waals surface area (Å²) in [6, 6.07) is 4.86. The number of hydrogen-bond donors (Lipinski definition) is 1. The minimum absolute atomic E-state index is 0.233. The van der Waals surface area contributed by atoms with Crippen molar-refractivity contribution in [3.05, 3.63) is 42.1 Å². The van der Waals surface area contributed by atoms with Gasteiger partial charge in [0.25, 0.3) is 0 Å². The molecule has 2 fully saturated rings. The zero-order chi connectivity index (χ0) is 22.3. The Labute approximate surface area is 189 Å². The van der Waals surface area contributed by atoms with E-state index < -0.39 is 0 Å².